The van der Waals surface area contributed by atoms with Gasteiger partial charge in [-0.2, -0.15) is 0 Å². The van der Waals surface area contributed by atoms with Gasteiger partial charge in [0.1, 0.15) is 17.6 Å². The molecule has 1 atom stereocenters. The Kier molecular flexibility index (Phi) is 4.74. The summed E-state index contributed by atoms with van der Waals surface area (Å²) in [5.74, 6) is -1.94. The van der Waals surface area contributed by atoms with Gasteiger partial charge in [-0.1, -0.05) is 0 Å². The molecule has 0 radical (unpaired) electrons. The van der Waals surface area contributed by atoms with Gasteiger partial charge in [0.25, 0.3) is 5.91 Å². The van der Waals surface area contributed by atoms with Crippen LogP contribution in [0.5, 0.6) is 5.75 Å². The Hall–Kier alpha value is -2.15. The molecule has 0 aliphatic carbocycles. The molecule has 6 nitrogen and oxygen atoms in total. The zero-order valence-electron chi connectivity index (χ0n) is 11.6. The van der Waals surface area contributed by atoms with Crippen molar-refractivity contribution in [3.8, 4) is 5.75 Å². The molecule has 2 rings (SSSR count). The highest BCUT2D eigenvalue weighted by Crippen LogP contribution is 2.18. The van der Waals surface area contributed by atoms with Gasteiger partial charge in [0.2, 0.25) is 5.91 Å². The van der Waals surface area contributed by atoms with E-state index in [-0.39, 0.29) is 11.5 Å². The van der Waals surface area contributed by atoms with Crippen LogP contribution in [0.15, 0.2) is 18.2 Å². The number of halogens is 1. The predicted octanol–water partition coefficient (Wildman–Crippen LogP) is 0.508. The maximum Gasteiger partial charge on any atom is 0.255 e. The lowest BCUT2D eigenvalue weighted by Gasteiger charge is -2.29. The highest BCUT2D eigenvalue weighted by molar-refractivity contribution is 5.99. The monoisotopic (exact) mass is 296 g/mol. The molecule has 1 aromatic carbocycles. The molecule has 1 aliphatic rings. The zero-order valence-corrected chi connectivity index (χ0v) is 11.6. The molecule has 114 valence electrons. The molecule has 21 heavy (non-hydrogen) atoms. The fourth-order valence-electron chi connectivity index (χ4n) is 2.09. The molecular formula is C14H17FN2O4. The van der Waals surface area contributed by atoms with E-state index in [4.69, 9.17) is 4.74 Å². The normalized spacial score (nSPS) is 16.4. The first-order chi connectivity index (χ1) is 9.99. The minimum atomic E-state index is -0.736. The van der Waals surface area contributed by atoms with Crippen LogP contribution in [0.4, 0.5) is 4.39 Å². The van der Waals surface area contributed by atoms with E-state index in [1.165, 1.54) is 6.07 Å². The third kappa shape index (κ3) is 3.69. The number of nitrogens with one attached hydrogen (secondary N) is 1. The van der Waals surface area contributed by atoms with Gasteiger partial charge in [-0.15, -0.1) is 0 Å². The molecule has 1 aromatic rings. The van der Waals surface area contributed by atoms with Crippen LogP contribution in [-0.2, 0) is 9.53 Å². The first kappa shape index (κ1) is 15.2. The first-order valence-electron chi connectivity index (χ1n) is 6.65. The Morgan fingerprint density at radius 2 is 2.05 bits per heavy atom. The van der Waals surface area contributed by atoms with Crippen molar-refractivity contribution in [2.24, 2.45) is 0 Å². The number of carbonyl (C=O) groups excluding carboxylic acids is 2. The summed E-state index contributed by atoms with van der Waals surface area (Å²) in [5, 5.41) is 12.0. The molecular weight excluding hydrogens is 279 g/mol. The van der Waals surface area contributed by atoms with Gasteiger partial charge in [0, 0.05) is 19.2 Å². The Labute approximate surface area is 121 Å². The number of nitrogens with zero attached hydrogens (tertiary/aromatic N) is 1. The number of hydrogen-bond acceptors (Lipinski definition) is 4. The summed E-state index contributed by atoms with van der Waals surface area (Å²) in [5.41, 5.74) is -0.0713. The number of morpholine rings is 1. The van der Waals surface area contributed by atoms with Crippen molar-refractivity contribution in [3.05, 3.63) is 29.6 Å². The van der Waals surface area contributed by atoms with Crippen LogP contribution in [-0.4, -0.2) is 54.2 Å². The molecule has 0 bridgehead atoms. The molecule has 0 saturated carbocycles. The van der Waals surface area contributed by atoms with Crippen molar-refractivity contribution in [3.63, 3.8) is 0 Å². The average Bonchev–Trinajstić information content (AvgIpc) is 2.47. The van der Waals surface area contributed by atoms with E-state index in [0.29, 0.717) is 26.3 Å². The van der Waals surface area contributed by atoms with Crippen molar-refractivity contribution in [2.75, 3.05) is 26.3 Å². The predicted molar refractivity (Wildman–Crippen MR) is 72.4 cm³/mol. The van der Waals surface area contributed by atoms with E-state index in [9.17, 15) is 19.1 Å². The Balaban J connectivity index is 1.99. The lowest BCUT2D eigenvalue weighted by Crippen LogP contribution is -2.50. The Morgan fingerprint density at radius 1 is 1.38 bits per heavy atom. The van der Waals surface area contributed by atoms with E-state index in [0.717, 1.165) is 12.1 Å². The Morgan fingerprint density at radius 3 is 2.67 bits per heavy atom. The quantitative estimate of drug-likeness (QED) is 0.852. The second-order valence-electron chi connectivity index (χ2n) is 4.79. The molecule has 0 aromatic heterocycles. The van der Waals surface area contributed by atoms with Crippen LogP contribution < -0.4 is 5.32 Å². The second kappa shape index (κ2) is 6.53. The molecule has 0 spiro atoms. The lowest BCUT2D eigenvalue weighted by molar-refractivity contribution is -0.136. The number of amides is 2. The van der Waals surface area contributed by atoms with E-state index in [2.05, 4.69) is 5.32 Å². The van der Waals surface area contributed by atoms with Crippen molar-refractivity contribution in [1.82, 2.24) is 10.2 Å². The number of aromatic hydroxyl groups is 1. The Bertz CT molecular complexity index is 544. The largest absolute Gasteiger partial charge is 0.507 e. The van der Waals surface area contributed by atoms with Gasteiger partial charge in [0.15, 0.2) is 0 Å². The molecule has 2 N–H and O–H groups in total. The van der Waals surface area contributed by atoms with E-state index in [1.807, 2.05) is 0 Å². The highest BCUT2D eigenvalue weighted by Gasteiger charge is 2.24. The van der Waals surface area contributed by atoms with E-state index in [1.54, 1.807) is 11.8 Å². The molecule has 1 heterocycles. The van der Waals surface area contributed by atoms with Crippen LogP contribution in [0.25, 0.3) is 0 Å². The summed E-state index contributed by atoms with van der Waals surface area (Å²) in [4.78, 5) is 25.7. The lowest BCUT2D eigenvalue weighted by atomic mass is 10.1. The first-order valence-corrected chi connectivity index (χ1v) is 6.65. The summed E-state index contributed by atoms with van der Waals surface area (Å²) in [6, 6.07) is 2.36. The van der Waals surface area contributed by atoms with Gasteiger partial charge in [0.05, 0.1) is 18.8 Å². The van der Waals surface area contributed by atoms with Crippen LogP contribution in [0.1, 0.15) is 17.3 Å². The number of hydrogen-bond donors (Lipinski definition) is 2. The molecule has 7 heteroatoms. The van der Waals surface area contributed by atoms with Crippen molar-refractivity contribution in [1.29, 1.82) is 0 Å². The SMILES string of the molecule is CC(NC(=O)c1ccc(F)cc1O)C(=O)N1CCOCC1. The summed E-state index contributed by atoms with van der Waals surface area (Å²) in [7, 11) is 0. The zero-order chi connectivity index (χ0) is 15.4. The number of rotatable bonds is 3. The minimum Gasteiger partial charge on any atom is -0.507 e. The van der Waals surface area contributed by atoms with Crippen LogP contribution in [0.3, 0.4) is 0 Å². The number of phenolic OH excluding ortho intramolecular Hbond substituents is 1. The number of phenols is 1. The van der Waals surface area contributed by atoms with Crippen LogP contribution >= 0.6 is 0 Å². The maximum absolute atomic E-state index is 12.9. The smallest absolute Gasteiger partial charge is 0.255 e. The van der Waals surface area contributed by atoms with Crippen LogP contribution in [0.2, 0.25) is 0 Å². The standard InChI is InChI=1S/C14H17FN2O4/c1-9(14(20)17-4-6-21-7-5-17)16-13(19)11-3-2-10(15)8-12(11)18/h2-3,8-9,18H,4-7H2,1H3,(H,16,19). The van der Waals surface area contributed by atoms with Crippen molar-refractivity contribution in [2.45, 2.75) is 13.0 Å². The van der Waals surface area contributed by atoms with Crippen LogP contribution in [0, 0.1) is 5.82 Å². The number of carbonyl (C=O) groups is 2. The third-order valence-corrected chi connectivity index (χ3v) is 3.25. The second-order valence-corrected chi connectivity index (χ2v) is 4.79. The van der Waals surface area contributed by atoms with Gasteiger partial charge in [-0.25, -0.2) is 4.39 Å². The molecule has 2 amide bonds. The average molecular weight is 296 g/mol. The summed E-state index contributed by atoms with van der Waals surface area (Å²) < 4.78 is 18.0. The number of benzene rings is 1. The highest BCUT2D eigenvalue weighted by atomic mass is 19.1. The van der Waals surface area contributed by atoms with Crippen molar-refractivity contribution >= 4 is 11.8 Å². The van der Waals surface area contributed by atoms with Gasteiger partial charge in [-0.3, -0.25) is 9.59 Å². The van der Waals surface area contributed by atoms with Crippen molar-refractivity contribution < 1.29 is 23.8 Å². The van der Waals surface area contributed by atoms with E-state index < -0.39 is 23.5 Å². The molecule has 1 saturated heterocycles. The fourth-order valence-corrected chi connectivity index (χ4v) is 2.09. The maximum atomic E-state index is 12.9. The summed E-state index contributed by atoms with van der Waals surface area (Å²) in [6.07, 6.45) is 0. The van der Waals surface area contributed by atoms with Gasteiger partial charge < -0.3 is 20.1 Å². The molecule has 1 aliphatic heterocycles. The molecule has 1 fully saturated rings. The topological polar surface area (TPSA) is 78.9 Å². The molecule has 1 unspecified atom stereocenters. The fraction of sp³-hybridized carbons (Fsp3) is 0.429. The number of ether oxygens (including phenoxy) is 1. The summed E-state index contributed by atoms with van der Waals surface area (Å²) >= 11 is 0. The summed E-state index contributed by atoms with van der Waals surface area (Å²) in [6.45, 7) is 3.49. The van der Waals surface area contributed by atoms with E-state index >= 15 is 0 Å². The minimum absolute atomic E-state index is 0.0713. The van der Waals surface area contributed by atoms with Gasteiger partial charge >= 0.3 is 0 Å². The van der Waals surface area contributed by atoms with Gasteiger partial charge in [-0.05, 0) is 19.1 Å². The third-order valence-electron chi connectivity index (χ3n) is 3.25.